The van der Waals surface area contributed by atoms with Crippen molar-refractivity contribution in [3.05, 3.63) is 108 Å². The molecular weight excluding hydrogens is 587 g/mol. The fourth-order valence-corrected chi connectivity index (χ4v) is 6.25. The zero-order valence-corrected chi connectivity index (χ0v) is 23.4. The highest BCUT2D eigenvalue weighted by Crippen LogP contribution is 2.58. The number of carbonyl (C=O) groups excluding carboxylic acids is 3. The normalized spacial score (nSPS) is 11.4. The third-order valence-electron chi connectivity index (χ3n) is 7.00. The molecule has 0 fully saturated rings. The molecule has 0 radical (unpaired) electrons. The molecule has 6 aromatic rings. The van der Waals surface area contributed by atoms with Crippen LogP contribution >= 0.6 is 7.82 Å². The van der Waals surface area contributed by atoms with Crippen molar-refractivity contribution in [2.75, 3.05) is 0 Å². The predicted octanol–water partition coefficient (Wildman–Crippen LogP) is 7.35. The Morgan fingerprint density at radius 3 is 1.02 bits per heavy atom. The van der Waals surface area contributed by atoms with E-state index < -0.39 is 42.3 Å². The van der Waals surface area contributed by atoms with Gasteiger partial charge in [-0.25, -0.2) is 0 Å². The molecule has 0 saturated carbocycles. The zero-order valence-electron chi connectivity index (χ0n) is 22.5. The Labute approximate surface area is 248 Å². The molecule has 0 amide bonds. The van der Waals surface area contributed by atoms with Crippen LogP contribution in [-0.4, -0.2) is 34.2 Å². The Bertz CT molecular complexity index is 1950. The average molecular weight is 608 g/mol. The van der Waals surface area contributed by atoms with Crippen LogP contribution in [0.25, 0.3) is 32.3 Å². The van der Waals surface area contributed by atoms with Gasteiger partial charge in [0.2, 0.25) is 0 Å². The van der Waals surface area contributed by atoms with E-state index in [-0.39, 0.29) is 32.8 Å². The lowest BCUT2D eigenvalue weighted by molar-refractivity contribution is 0.111. The number of fused-ring (bicyclic) bond motifs is 3. The van der Waals surface area contributed by atoms with Crippen molar-refractivity contribution in [3.8, 4) is 34.5 Å². The standard InChI is InChI=1S/C33H21O10P/c34-16-22-13-19-7-1-4-10-25(19)31(28(22)37)41-44(40,42-32-26-11-5-2-8-20(26)14-23(17-35)29(32)38)43-33-27-12-6-3-9-21(27)15-24(18-36)30(33)39/h1-18,37-39H. The van der Waals surface area contributed by atoms with Crippen molar-refractivity contribution in [2.45, 2.75) is 0 Å². The van der Waals surface area contributed by atoms with Crippen molar-refractivity contribution in [3.63, 3.8) is 0 Å². The molecule has 0 heterocycles. The summed E-state index contributed by atoms with van der Waals surface area (Å²) in [6.45, 7) is 0. The van der Waals surface area contributed by atoms with Gasteiger partial charge in [0, 0.05) is 16.2 Å². The second-order valence-electron chi connectivity index (χ2n) is 9.67. The van der Waals surface area contributed by atoms with E-state index >= 15 is 0 Å². The first kappa shape index (κ1) is 28.3. The van der Waals surface area contributed by atoms with Gasteiger partial charge in [-0.15, -0.1) is 0 Å². The van der Waals surface area contributed by atoms with Crippen LogP contribution in [-0.2, 0) is 4.57 Å². The van der Waals surface area contributed by atoms with Crippen LogP contribution in [0.5, 0.6) is 34.5 Å². The predicted molar refractivity (Wildman–Crippen MR) is 162 cm³/mol. The average Bonchev–Trinajstić information content (AvgIpc) is 3.04. The van der Waals surface area contributed by atoms with Crippen LogP contribution < -0.4 is 13.6 Å². The first-order valence-electron chi connectivity index (χ1n) is 13.1. The van der Waals surface area contributed by atoms with Crippen LogP contribution in [0.2, 0.25) is 0 Å². The van der Waals surface area contributed by atoms with Crippen LogP contribution in [0.3, 0.4) is 0 Å². The molecule has 6 aromatic carbocycles. The Kier molecular flexibility index (Phi) is 7.12. The van der Waals surface area contributed by atoms with E-state index in [0.717, 1.165) is 0 Å². The topological polar surface area (TPSA) is 157 Å². The van der Waals surface area contributed by atoms with Gasteiger partial charge in [0.25, 0.3) is 0 Å². The molecule has 0 aromatic heterocycles. The molecule has 0 aliphatic carbocycles. The molecule has 218 valence electrons. The van der Waals surface area contributed by atoms with Gasteiger partial charge in [-0.3, -0.25) is 14.4 Å². The number of phenolic OH excluding ortho intramolecular Hbond substituents is 3. The number of benzene rings is 6. The summed E-state index contributed by atoms with van der Waals surface area (Å²) in [7, 11) is -5.20. The first-order valence-corrected chi connectivity index (χ1v) is 14.5. The van der Waals surface area contributed by atoms with Crippen LogP contribution in [0.15, 0.2) is 91.0 Å². The Balaban J connectivity index is 1.62. The van der Waals surface area contributed by atoms with E-state index in [1.807, 2.05) is 0 Å². The van der Waals surface area contributed by atoms with Crippen molar-refractivity contribution in [1.29, 1.82) is 0 Å². The van der Waals surface area contributed by atoms with E-state index in [1.165, 1.54) is 36.4 Å². The summed E-state index contributed by atoms with van der Waals surface area (Å²) in [6.07, 6.45) is 1.13. The summed E-state index contributed by atoms with van der Waals surface area (Å²) >= 11 is 0. The Morgan fingerprint density at radius 2 is 0.750 bits per heavy atom. The molecule has 10 nitrogen and oxygen atoms in total. The monoisotopic (exact) mass is 608 g/mol. The molecule has 11 heteroatoms. The number of hydrogen-bond donors (Lipinski definition) is 3. The van der Waals surface area contributed by atoms with Crippen LogP contribution in [0.4, 0.5) is 0 Å². The molecule has 0 bridgehead atoms. The van der Waals surface area contributed by atoms with Gasteiger partial charge in [-0.05, 0) is 34.4 Å². The first-order chi connectivity index (χ1) is 21.3. The lowest BCUT2D eigenvalue weighted by Gasteiger charge is -2.23. The maximum atomic E-state index is 14.8. The maximum absolute atomic E-state index is 14.8. The number of phosphoric ester groups is 1. The third-order valence-corrected chi connectivity index (χ3v) is 8.22. The third kappa shape index (κ3) is 4.83. The minimum absolute atomic E-state index is 0.197. The highest BCUT2D eigenvalue weighted by molar-refractivity contribution is 7.49. The summed E-state index contributed by atoms with van der Waals surface area (Å²) in [4.78, 5) is 35.4. The van der Waals surface area contributed by atoms with Crippen LogP contribution in [0, 0.1) is 0 Å². The summed E-state index contributed by atoms with van der Waals surface area (Å²) in [5, 5.41) is 35.0. The van der Waals surface area contributed by atoms with E-state index in [9.17, 15) is 34.3 Å². The molecule has 0 saturated heterocycles. The molecule has 0 atom stereocenters. The number of aldehydes is 3. The molecule has 0 aliphatic rings. The van der Waals surface area contributed by atoms with Crippen molar-refractivity contribution >= 4 is 59.0 Å². The molecule has 0 unspecified atom stereocenters. The Morgan fingerprint density at radius 1 is 0.477 bits per heavy atom. The maximum Gasteiger partial charge on any atom is 0.647 e. The van der Waals surface area contributed by atoms with E-state index in [0.29, 0.717) is 35.0 Å². The van der Waals surface area contributed by atoms with E-state index in [4.69, 9.17) is 13.6 Å². The highest BCUT2D eigenvalue weighted by atomic mass is 31.2. The number of phosphoric acid groups is 1. The highest BCUT2D eigenvalue weighted by Gasteiger charge is 2.39. The smallest absolute Gasteiger partial charge is 0.504 e. The number of phenols is 3. The van der Waals surface area contributed by atoms with Crippen molar-refractivity contribution < 1.29 is 47.8 Å². The van der Waals surface area contributed by atoms with Crippen molar-refractivity contribution in [1.82, 2.24) is 0 Å². The van der Waals surface area contributed by atoms with E-state index in [1.54, 1.807) is 54.6 Å². The Hall–Kier alpha value is -5.86. The summed E-state index contributed by atoms with van der Waals surface area (Å²) < 4.78 is 32.4. The summed E-state index contributed by atoms with van der Waals surface area (Å²) in [5.41, 5.74) is -0.590. The fourth-order valence-electron chi connectivity index (χ4n) is 4.91. The van der Waals surface area contributed by atoms with Gasteiger partial charge in [0.1, 0.15) is 0 Å². The second kappa shape index (κ2) is 11.1. The molecular formula is C33H21O10P. The number of aromatic hydroxyl groups is 3. The summed E-state index contributed by atoms with van der Waals surface area (Å²) in [6, 6.07) is 23.5. The van der Waals surface area contributed by atoms with Crippen molar-refractivity contribution in [2.24, 2.45) is 0 Å². The second-order valence-corrected chi connectivity index (χ2v) is 11.1. The SMILES string of the molecule is O=Cc1cc2ccccc2c(OP(=O)(Oc2c(O)c(C=O)cc3ccccc23)Oc2c(O)c(C=O)cc3ccccc23)c1O. The van der Waals surface area contributed by atoms with E-state index in [2.05, 4.69) is 0 Å². The molecule has 0 aliphatic heterocycles. The molecule has 6 rings (SSSR count). The van der Waals surface area contributed by atoms with Gasteiger partial charge in [-0.2, -0.15) is 4.57 Å². The quantitative estimate of drug-likeness (QED) is 0.112. The number of rotatable bonds is 9. The van der Waals surface area contributed by atoms with Gasteiger partial charge in [0.05, 0.1) is 16.7 Å². The lowest BCUT2D eigenvalue weighted by atomic mass is 10.1. The fraction of sp³-hybridized carbons (Fsp3) is 0. The van der Waals surface area contributed by atoms with Gasteiger partial charge >= 0.3 is 7.82 Å². The molecule has 44 heavy (non-hydrogen) atoms. The van der Waals surface area contributed by atoms with Gasteiger partial charge in [0.15, 0.2) is 53.4 Å². The number of hydrogen-bond acceptors (Lipinski definition) is 10. The summed E-state index contributed by atoms with van der Waals surface area (Å²) in [5.74, 6) is -3.43. The minimum atomic E-state index is -5.20. The number of carbonyl (C=O) groups is 3. The lowest BCUT2D eigenvalue weighted by Crippen LogP contribution is -2.10. The largest absolute Gasteiger partial charge is 0.647 e. The zero-order chi connectivity index (χ0) is 31.0. The van der Waals surface area contributed by atoms with Gasteiger partial charge in [-0.1, -0.05) is 72.8 Å². The van der Waals surface area contributed by atoms with Gasteiger partial charge < -0.3 is 28.9 Å². The molecule has 3 N–H and O–H groups in total. The molecule has 0 spiro atoms. The minimum Gasteiger partial charge on any atom is -0.504 e. The van der Waals surface area contributed by atoms with Crippen LogP contribution in [0.1, 0.15) is 31.1 Å².